The Balaban J connectivity index is 2.15. The molecule has 2 aromatic heterocycles. The van der Waals surface area contributed by atoms with E-state index >= 15 is 0 Å². The standard InChI is InChI=1S/C11H16N4S2/c1-6(2)12-5-9-14-15-11(17-9)10-7(3)13-8(4)16-10/h6,12H,5H2,1-4H3. The van der Waals surface area contributed by atoms with Gasteiger partial charge in [0.1, 0.15) is 5.01 Å². The van der Waals surface area contributed by atoms with E-state index in [1.54, 1.807) is 22.7 Å². The average Bonchev–Trinajstić information content (AvgIpc) is 2.82. The summed E-state index contributed by atoms with van der Waals surface area (Å²) in [5.74, 6) is 0. The van der Waals surface area contributed by atoms with Crippen LogP contribution in [0.25, 0.3) is 9.88 Å². The minimum absolute atomic E-state index is 0.467. The quantitative estimate of drug-likeness (QED) is 0.926. The molecule has 2 rings (SSSR count). The lowest BCUT2D eigenvalue weighted by Crippen LogP contribution is -2.21. The molecule has 0 amide bonds. The number of rotatable bonds is 4. The van der Waals surface area contributed by atoms with Gasteiger partial charge in [-0.3, -0.25) is 0 Å². The Morgan fingerprint density at radius 1 is 1.18 bits per heavy atom. The van der Waals surface area contributed by atoms with Crippen LogP contribution in [0.4, 0.5) is 0 Å². The predicted octanol–water partition coefficient (Wildman–Crippen LogP) is 2.78. The van der Waals surface area contributed by atoms with E-state index in [9.17, 15) is 0 Å². The number of hydrogen-bond acceptors (Lipinski definition) is 6. The maximum absolute atomic E-state index is 4.41. The van der Waals surface area contributed by atoms with E-state index in [0.717, 1.165) is 32.1 Å². The van der Waals surface area contributed by atoms with Gasteiger partial charge in [0.2, 0.25) is 0 Å². The van der Waals surface area contributed by atoms with Crippen molar-refractivity contribution in [2.24, 2.45) is 0 Å². The molecular weight excluding hydrogens is 252 g/mol. The van der Waals surface area contributed by atoms with Gasteiger partial charge in [0.05, 0.1) is 15.6 Å². The highest BCUT2D eigenvalue weighted by Gasteiger charge is 2.12. The second-order valence-electron chi connectivity index (χ2n) is 4.18. The number of hydrogen-bond donors (Lipinski definition) is 1. The molecule has 2 heterocycles. The minimum Gasteiger partial charge on any atom is -0.308 e. The molecule has 17 heavy (non-hydrogen) atoms. The van der Waals surface area contributed by atoms with E-state index in [4.69, 9.17) is 0 Å². The molecule has 0 unspecified atom stereocenters. The molecular formula is C11H16N4S2. The fourth-order valence-electron chi connectivity index (χ4n) is 1.44. The van der Waals surface area contributed by atoms with Crippen LogP contribution >= 0.6 is 22.7 Å². The fraction of sp³-hybridized carbons (Fsp3) is 0.545. The lowest BCUT2D eigenvalue weighted by molar-refractivity contribution is 0.585. The van der Waals surface area contributed by atoms with Crippen LogP contribution in [0, 0.1) is 13.8 Å². The van der Waals surface area contributed by atoms with Gasteiger partial charge in [0, 0.05) is 12.6 Å². The molecule has 0 bridgehead atoms. The number of nitrogens with one attached hydrogen (secondary N) is 1. The van der Waals surface area contributed by atoms with Crippen LogP contribution < -0.4 is 5.32 Å². The first-order chi connectivity index (χ1) is 8.06. The minimum atomic E-state index is 0.467. The van der Waals surface area contributed by atoms with Crippen molar-refractivity contribution >= 4 is 22.7 Å². The first-order valence-corrected chi connectivity index (χ1v) is 7.19. The monoisotopic (exact) mass is 268 g/mol. The SMILES string of the molecule is Cc1nc(C)c(-c2nnc(CNC(C)C)s2)s1. The molecule has 6 heteroatoms. The summed E-state index contributed by atoms with van der Waals surface area (Å²) in [6.07, 6.45) is 0. The van der Waals surface area contributed by atoms with Crippen molar-refractivity contribution in [1.29, 1.82) is 0 Å². The van der Waals surface area contributed by atoms with Gasteiger partial charge in [0.25, 0.3) is 0 Å². The van der Waals surface area contributed by atoms with Gasteiger partial charge < -0.3 is 5.32 Å². The second-order valence-corrected chi connectivity index (χ2v) is 6.45. The van der Waals surface area contributed by atoms with Crippen molar-refractivity contribution in [3.63, 3.8) is 0 Å². The molecule has 92 valence electrons. The molecule has 0 spiro atoms. The largest absolute Gasteiger partial charge is 0.308 e. The van der Waals surface area contributed by atoms with Crippen LogP contribution in [0.2, 0.25) is 0 Å². The molecule has 0 saturated carbocycles. The summed E-state index contributed by atoms with van der Waals surface area (Å²) in [5.41, 5.74) is 1.05. The average molecular weight is 268 g/mol. The van der Waals surface area contributed by atoms with Crippen molar-refractivity contribution in [2.45, 2.75) is 40.3 Å². The van der Waals surface area contributed by atoms with Crippen molar-refractivity contribution < 1.29 is 0 Å². The summed E-state index contributed by atoms with van der Waals surface area (Å²) in [5, 5.41) is 14.9. The Hall–Kier alpha value is -0.850. The molecule has 4 nitrogen and oxygen atoms in total. The van der Waals surface area contributed by atoms with Gasteiger partial charge in [-0.1, -0.05) is 25.2 Å². The molecule has 0 aliphatic heterocycles. The van der Waals surface area contributed by atoms with Gasteiger partial charge in [-0.2, -0.15) is 0 Å². The Morgan fingerprint density at radius 2 is 1.94 bits per heavy atom. The van der Waals surface area contributed by atoms with E-state index in [1.165, 1.54) is 0 Å². The normalized spacial score (nSPS) is 11.4. The van der Waals surface area contributed by atoms with Crippen LogP contribution in [0.3, 0.4) is 0 Å². The zero-order valence-electron chi connectivity index (χ0n) is 10.4. The highest BCUT2D eigenvalue weighted by Crippen LogP contribution is 2.31. The lowest BCUT2D eigenvalue weighted by atomic mass is 10.4. The Morgan fingerprint density at radius 3 is 2.53 bits per heavy atom. The molecule has 2 aromatic rings. The third-order valence-corrected chi connectivity index (χ3v) is 4.38. The smallest absolute Gasteiger partial charge is 0.159 e. The van der Waals surface area contributed by atoms with Gasteiger partial charge in [-0.05, 0) is 13.8 Å². The first-order valence-electron chi connectivity index (χ1n) is 5.56. The van der Waals surface area contributed by atoms with Crippen LogP contribution in [-0.2, 0) is 6.54 Å². The van der Waals surface area contributed by atoms with Crippen LogP contribution in [-0.4, -0.2) is 21.2 Å². The summed E-state index contributed by atoms with van der Waals surface area (Å²) < 4.78 is 0. The highest BCUT2D eigenvalue weighted by atomic mass is 32.1. The number of aromatic nitrogens is 3. The fourth-order valence-corrected chi connectivity index (χ4v) is 3.27. The summed E-state index contributed by atoms with van der Waals surface area (Å²) in [6.45, 7) is 9.07. The molecule has 1 N–H and O–H groups in total. The Labute approximate surface area is 109 Å². The Kier molecular flexibility index (Phi) is 3.86. The van der Waals surface area contributed by atoms with E-state index in [1.807, 2.05) is 13.8 Å². The summed E-state index contributed by atoms with van der Waals surface area (Å²) in [7, 11) is 0. The first kappa shape index (κ1) is 12.6. The maximum atomic E-state index is 4.41. The topological polar surface area (TPSA) is 50.7 Å². The molecule has 0 radical (unpaired) electrons. The number of aryl methyl sites for hydroxylation is 2. The van der Waals surface area contributed by atoms with E-state index in [2.05, 4.69) is 34.3 Å². The van der Waals surface area contributed by atoms with Gasteiger partial charge >= 0.3 is 0 Å². The summed E-state index contributed by atoms with van der Waals surface area (Å²) in [6, 6.07) is 0.467. The maximum Gasteiger partial charge on any atom is 0.159 e. The third kappa shape index (κ3) is 3.08. The lowest BCUT2D eigenvalue weighted by Gasteiger charge is -2.03. The van der Waals surface area contributed by atoms with Crippen LogP contribution in [0.15, 0.2) is 0 Å². The number of nitrogens with zero attached hydrogens (tertiary/aromatic N) is 3. The van der Waals surface area contributed by atoms with E-state index < -0.39 is 0 Å². The summed E-state index contributed by atoms with van der Waals surface area (Å²) >= 11 is 3.32. The van der Waals surface area contributed by atoms with Gasteiger partial charge in [-0.25, -0.2) is 4.98 Å². The molecule has 0 aliphatic carbocycles. The zero-order valence-corrected chi connectivity index (χ0v) is 12.1. The summed E-state index contributed by atoms with van der Waals surface area (Å²) in [4.78, 5) is 5.56. The Bertz CT molecular complexity index is 501. The van der Waals surface area contributed by atoms with Crippen molar-refractivity contribution in [3.8, 4) is 9.88 Å². The molecule has 0 aliphatic rings. The van der Waals surface area contributed by atoms with Gasteiger partial charge in [0.15, 0.2) is 5.01 Å². The van der Waals surface area contributed by atoms with Gasteiger partial charge in [-0.15, -0.1) is 21.5 Å². The second kappa shape index (κ2) is 5.20. The molecule has 0 fully saturated rings. The molecule has 0 atom stereocenters. The van der Waals surface area contributed by atoms with Crippen molar-refractivity contribution in [3.05, 3.63) is 15.7 Å². The van der Waals surface area contributed by atoms with Crippen LogP contribution in [0.1, 0.15) is 29.6 Å². The van der Waals surface area contributed by atoms with E-state index in [0.29, 0.717) is 6.04 Å². The molecule has 0 aromatic carbocycles. The van der Waals surface area contributed by atoms with Crippen LogP contribution in [0.5, 0.6) is 0 Å². The third-order valence-electron chi connectivity index (χ3n) is 2.23. The predicted molar refractivity (Wildman–Crippen MR) is 72.5 cm³/mol. The van der Waals surface area contributed by atoms with Crippen molar-refractivity contribution in [1.82, 2.24) is 20.5 Å². The highest BCUT2D eigenvalue weighted by molar-refractivity contribution is 7.21. The number of thiazole rings is 1. The van der Waals surface area contributed by atoms with E-state index in [-0.39, 0.29) is 0 Å². The van der Waals surface area contributed by atoms with Crippen molar-refractivity contribution in [2.75, 3.05) is 0 Å². The molecule has 0 saturated heterocycles. The zero-order chi connectivity index (χ0) is 12.4.